The lowest BCUT2D eigenvalue weighted by atomic mass is 9.90. The second-order valence-corrected chi connectivity index (χ2v) is 2.93. The summed E-state index contributed by atoms with van der Waals surface area (Å²) in [6, 6.07) is 1.65. The van der Waals surface area contributed by atoms with Gasteiger partial charge in [0.15, 0.2) is 0 Å². The summed E-state index contributed by atoms with van der Waals surface area (Å²) < 4.78 is 0. The molecule has 13 heavy (non-hydrogen) atoms. The van der Waals surface area contributed by atoms with Crippen LogP contribution in [0.15, 0.2) is 11.1 Å². The van der Waals surface area contributed by atoms with Gasteiger partial charge in [-0.05, 0) is 18.4 Å². The molecule has 1 saturated carbocycles. The summed E-state index contributed by atoms with van der Waals surface area (Å²) in [6.07, 6.45) is 1.59. The molecule has 0 saturated heterocycles. The topological polar surface area (TPSA) is 78.2 Å². The first-order chi connectivity index (χ1) is 6.15. The Bertz CT molecular complexity index is 310. The van der Waals surface area contributed by atoms with E-state index in [4.69, 9.17) is 10.4 Å². The van der Waals surface area contributed by atoms with Crippen molar-refractivity contribution in [3.63, 3.8) is 0 Å². The molecular formula is C9H9NO3. The quantitative estimate of drug-likeness (QED) is 0.481. The van der Waals surface area contributed by atoms with Crippen LogP contribution in [0.2, 0.25) is 0 Å². The van der Waals surface area contributed by atoms with Gasteiger partial charge in [0, 0.05) is 12.8 Å². The van der Waals surface area contributed by atoms with Gasteiger partial charge in [-0.3, -0.25) is 4.79 Å². The van der Waals surface area contributed by atoms with Crippen molar-refractivity contribution >= 4 is 11.8 Å². The predicted octanol–water partition coefficient (Wildman–Crippen LogP) is 1.03. The van der Waals surface area contributed by atoms with Gasteiger partial charge in [0.1, 0.15) is 17.4 Å². The number of nitrogens with zero attached hydrogens (tertiary/aromatic N) is 1. The minimum Gasteiger partial charge on any atom is -0.477 e. The van der Waals surface area contributed by atoms with Gasteiger partial charge in [0.05, 0.1) is 0 Å². The van der Waals surface area contributed by atoms with Gasteiger partial charge in [0.2, 0.25) is 0 Å². The highest BCUT2D eigenvalue weighted by Gasteiger charge is 2.19. The number of nitriles is 1. The van der Waals surface area contributed by atoms with E-state index in [1.165, 1.54) is 0 Å². The van der Waals surface area contributed by atoms with E-state index in [-0.39, 0.29) is 11.4 Å². The molecule has 1 rings (SSSR count). The van der Waals surface area contributed by atoms with E-state index in [2.05, 4.69) is 0 Å². The lowest BCUT2D eigenvalue weighted by molar-refractivity contribution is -0.132. The molecule has 1 aliphatic carbocycles. The standard InChI is InChI=1S/C9H9NO3/c10-5-8(9(12)13)6-1-3-7(11)4-2-6/h1-4H2,(H,12,13). The number of ketones is 1. The molecule has 0 aromatic heterocycles. The van der Waals surface area contributed by atoms with Crippen molar-refractivity contribution in [3.8, 4) is 6.07 Å². The lowest BCUT2D eigenvalue weighted by Crippen LogP contribution is -2.11. The number of carboxylic acids is 1. The zero-order chi connectivity index (χ0) is 9.84. The molecule has 0 amide bonds. The molecule has 0 aromatic rings. The zero-order valence-electron chi connectivity index (χ0n) is 7.04. The Morgan fingerprint density at radius 3 is 2.23 bits per heavy atom. The van der Waals surface area contributed by atoms with Crippen molar-refractivity contribution in [2.24, 2.45) is 0 Å². The average molecular weight is 179 g/mol. The first kappa shape index (κ1) is 9.46. The van der Waals surface area contributed by atoms with Crippen molar-refractivity contribution in [1.82, 2.24) is 0 Å². The van der Waals surface area contributed by atoms with Crippen LogP contribution < -0.4 is 0 Å². The summed E-state index contributed by atoms with van der Waals surface area (Å²) in [6.45, 7) is 0. The minimum atomic E-state index is -1.19. The molecule has 0 aromatic carbocycles. The van der Waals surface area contributed by atoms with E-state index in [1.54, 1.807) is 6.07 Å². The molecule has 0 heterocycles. The average Bonchev–Trinajstić information content (AvgIpc) is 2.09. The van der Waals surface area contributed by atoms with Crippen LogP contribution in [-0.4, -0.2) is 16.9 Å². The van der Waals surface area contributed by atoms with Gasteiger partial charge in [-0.25, -0.2) is 4.79 Å². The number of aliphatic carboxylic acids is 1. The number of hydrogen-bond acceptors (Lipinski definition) is 3. The summed E-state index contributed by atoms with van der Waals surface area (Å²) in [4.78, 5) is 21.4. The van der Waals surface area contributed by atoms with E-state index in [0.29, 0.717) is 31.3 Å². The second kappa shape index (κ2) is 3.85. The third-order valence-corrected chi connectivity index (χ3v) is 2.09. The van der Waals surface area contributed by atoms with Crippen LogP contribution in [0.4, 0.5) is 0 Å². The summed E-state index contributed by atoms with van der Waals surface area (Å²) >= 11 is 0. The molecule has 0 radical (unpaired) electrons. The molecule has 4 heteroatoms. The fourth-order valence-corrected chi connectivity index (χ4v) is 1.36. The Morgan fingerprint density at radius 1 is 1.31 bits per heavy atom. The second-order valence-electron chi connectivity index (χ2n) is 2.93. The summed E-state index contributed by atoms with van der Waals surface area (Å²) in [5.74, 6) is -1.04. The third-order valence-electron chi connectivity index (χ3n) is 2.09. The molecule has 0 spiro atoms. The first-order valence-electron chi connectivity index (χ1n) is 4.02. The van der Waals surface area contributed by atoms with E-state index in [9.17, 15) is 9.59 Å². The Kier molecular flexibility index (Phi) is 2.80. The normalized spacial score (nSPS) is 16.5. The molecule has 0 atom stereocenters. The summed E-state index contributed by atoms with van der Waals surface area (Å²) in [5.41, 5.74) is 0.419. The number of allylic oxidation sites excluding steroid dienone is 1. The molecule has 0 aliphatic heterocycles. The largest absolute Gasteiger partial charge is 0.477 e. The Labute approximate surface area is 75.5 Å². The van der Waals surface area contributed by atoms with Gasteiger partial charge in [0.25, 0.3) is 0 Å². The van der Waals surface area contributed by atoms with Gasteiger partial charge in [-0.15, -0.1) is 0 Å². The van der Waals surface area contributed by atoms with Crippen LogP contribution in [0, 0.1) is 11.3 Å². The van der Waals surface area contributed by atoms with Crippen LogP contribution in [0.5, 0.6) is 0 Å². The van der Waals surface area contributed by atoms with E-state index >= 15 is 0 Å². The molecule has 4 nitrogen and oxygen atoms in total. The number of Topliss-reactive ketones (excluding diaryl/α,β-unsaturated/α-hetero) is 1. The minimum absolute atomic E-state index is 0.145. The maximum atomic E-state index is 10.8. The predicted molar refractivity (Wildman–Crippen MR) is 43.7 cm³/mol. The SMILES string of the molecule is N#CC(C(=O)O)=C1CCC(=O)CC1. The van der Waals surface area contributed by atoms with Crippen molar-refractivity contribution in [1.29, 1.82) is 5.26 Å². The number of carbonyl (C=O) groups excluding carboxylic acids is 1. The monoisotopic (exact) mass is 179 g/mol. The highest BCUT2D eigenvalue weighted by molar-refractivity contribution is 5.92. The van der Waals surface area contributed by atoms with E-state index in [1.807, 2.05) is 0 Å². The van der Waals surface area contributed by atoms with Gasteiger partial charge in [-0.1, -0.05) is 0 Å². The van der Waals surface area contributed by atoms with E-state index < -0.39 is 5.97 Å². The summed E-state index contributed by atoms with van der Waals surface area (Å²) in [7, 11) is 0. The molecule has 68 valence electrons. The maximum Gasteiger partial charge on any atom is 0.346 e. The fraction of sp³-hybridized carbons (Fsp3) is 0.444. The highest BCUT2D eigenvalue weighted by atomic mass is 16.4. The number of carboxylic acid groups (broad SMARTS) is 1. The summed E-state index contributed by atoms with van der Waals surface area (Å²) in [5, 5.41) is 17.2. The Balaban J connectivity index is 2.86. The van der Waals surface area contributed by atoms with Crippen LogP contribution >= 0.6 is 0 Å². The van der Waals surface area contributed by atoms with Crippen molar-refractivity contribution < 1.29 is 14.7 Å². The Hall–Kier alpha value is -1.63. The van der Waals surface area contributed by atoms with Crippen LogP contribution in [0.1, 0.15) is 25.7 Å². The van der Waals surface area contributed by atoms with Crippen LogP contribution in [0.25, 0.3) is 0 Å². The number of rotatable bonds is 1. The maximum absolute atomic E-state index is 10.8. The Morgan fingerprint density at radius 2 is 1.85 bits per heavy atom. The molecule has 0 unspecified atom stereocenters. The molecule has 1 fully saturated rings. The number of hydrogen-bond donors (Lipinski definition) is 1. The van der Waals surface area contributed by atoms with Crippen molar-refractivity contribution in [2.45, 2.75) is 25.7 Å². The van der Waals surface area contributed by atoms with Crippen LogP contribution in [0.3, 0.4) is 0 Å². The molecule has 1 aliphatic rings. The highest BCUT2D eigenvalue weighted by Crippen LogP contribution is 2.23. The lowest BCUT2D eigenvalue weighted by Gasteiger charge is -2.12. The third kappa shape index (κ3) is 2.15. The smallest absolute Gasteiger partial charge is 0.346 e. The molecule has 0 bridgehead atoms. The molecule has 1 N–H and O–H groups in total. The van der Waals surface area contributed by atoms with Crippen LogP contribution in [-0.2, 0) is 9.59 Å². The number of carbonyl (C=O) groups is 2. The van der Waals surface area contributed by atoms with E-state index in [0.717, 1.165) is 0 Å². The van der Waals surface area contributed by atoms with Crippen molar-refractivity contribution in [3.05, 3.63) is 11.1 Å². The fourth-order valence-electron chi connectivity index (χ4n) is 1.36. The zero-order valence-corrected chi connectivity index (χ0v) is 7.04. The van der Waals surface area contributed by atoms with Gasteiger partial charge >= 0.3 is 5.97 Å². The molecular weight excluding hydrogens is 170 g/mol. The van der Waals surface area contributed by atoms with Gasteiger partial charge in [-0.2, -0.15) is 5.26 Å². The van der Waals surface area contributed by atoms with Gasteiger partial charge < -0.3 is 5.11 Å². The van der Waals surface area contributed by atoms with Crippen molar-refractivity contribution in [2.75, 3.05) is 0 Å². The first-order valence-corrected chi connectivity index (χ1v) is 4.02.